The Morgan fingerprint density at radius 1 is 1.33 bits per heavy atom. The number of nitrogens with zero attached hydrogens (tertiary/aromatic N) is 3. The average Bonchev–Trinajstić information content (AvgIpc) is 3.10. The average molecular weight is 331 g/mol. The smallest absolute Gasteiger partial charge is 0.249 e. The SMILES string of the molecule is CCCCC(=O)N1CCCCC1c1nc(-c2ccc(F)cc2)no1. The van der Waals surface area contributed by atoms with Crippen LogP contribution in [0.5, 0.6) is 0 Å². The van der Waals surface area contributed by atoms with Gasteiger partial charge in [0.1, 0.15) is 11.9 Å². The Bertz CT molecular complexity index is 684. The normalized spacial score (nSPS) is 17.9. The minimum absolute atomic E-state index is 0.148. The van der Waals surface area contributed by atoms with E-state index in [1.807, 2.05) is 4.90 Å². The zero-order valence-corrected chi connectivity index (χ0v) is 13.9. The lowest BCUT2D eigenvalue weighted by molar-refractivity contribution is -0.135. The first kappa shape index (κ1) is 16.6. The molecule has 1 atom stereocenters. The third kappa shape index (κ3) is 3.63. The minimum atomic E-state index is -0.303. The van der Waals surface area contributed by atoms with Crippen LogP contribution in [0.15, 0.2) is 28.8 Å². The van der Waals surface area contributed by atoms with Crippen LogP contribution in [0.3, 0.4) is 0 Å². The zero-order valence-electron chi connectivity index (χ0n) is 13.9. The Balaban J connectivity index is 1.78. The Hall–Kier alpha value is -2.24. The largest absolute Gasteiger partial charge is 0.337 e. The topological polar surface area (TPSA) is 59.2 Å². The van der Waals surface area contributed by atoms with Crippen LogP contribution in [0.2, 0.25) is 0 Å². The lowest BCUT2D eigenvalue weighted by atomic mass is 10.0. The molecule has 2 aromatic rings. The van der Waals surface area contributed by atoms with Crippen molar-refractivity contribution < 1.29 is 13.7 Å². The number of hydrogen-bond donors (Lipinski definition) is 0. The van der Waals surface area contributed by atoms with Crippen molar-refractivity contribution >= 4 is 5.91 Å². The van der Waals surface area contributed by atoms with Crippen molar-refractivity contribution in [3.63, 3.8) is 0 Å². The molecule has 0 N–H and O–H groups in total. The third-order valence-electron chi connectivity index (χ3n) is 4.40. The van der Waals surface area contributed by atoms with E-state index >= 15 is 0 Å². The number of piperidine rings is 1. The Kier molecular flexibility index (Phi) is 5.23. The van der Waals surface area contributed by atoms with Gasteiger partial charge in [-0.05, 0) is 49.9 Å². The van der Waals surface area contributed by atoms with E-state index in [1.54, 1.807) is 12.1 Å². The number of carbonyl (C=O) groups excluding carboxylic acids is 1. The van der Waals surface area contributed by atoms with Crippen molar-refractivity contribution in [3.05, 3.63) is 36.0 Å². The predicted molar refractivity (Wildman–Crippen MR) is 87.5 cm³/mol. The number of hydrogen-bond acceptors (Lipinski definition) is 4. The van der Waals surface area contributed by atoms with Crippen LogP contribution in [-0.4, -0.2) is 27.5 Å². The fourth-order valence-corrected chi connectivity index (χ4v) is 3.05. The summed E-state index contributed by atoms with van der Waals surface area (Å²) < 4.78 is 18.5. The molecule has 1 aliphatic heterocycles. The summed E-state index contributed by atoms with van der Waals surface area (Å²) in [7, 11) is 0. The first-order valence-electron chi connectivity index (χ1n) is 8.58. The van der Waals surface area contributed by atoms with Crippen LogP contribution < -0.4 is 0 Å². The maximum absolute atomic E-state index is 13.0. The second-order valence-electron chi connectivity index (χ2n) is 6.17. The number of carbonyl (C=O) groups is 1. The molecule has 0 saturated carbocycles. The molecule has 1 aliphatic rings. The molecule has 1 fully saturated rings. The highest BCUT2D eigenvalue weighted by Crippen LogP contribution is 2.31. The van der Waals surface area contributed by atoms with E-state index in [9.17, 15) is 9.18 Å². The summed E-state index contributed by atoms with van der Waals surface area (Å²) in [6.07, 6.45) is 5.34. The van der Waals surface area contributed by atoms with Crippen LogP contribution in [0.25, 0.3) is 11.4 Å². The number of amides is 1. The summed E-state index contributed by atoms with van der Waals surface area (Å²) in [6.45, 7) is 2.81. The summed E-state index contributed by atoms with van der Waals surface area (Å²) in [5, 5.41) is 4.00. The molecule has 3 rings (SSSR count). The number of benzene rings is 1. The molecule has 24 heavy (non-hydrogen) atoms. The van der Waals surface area contributed by atoms with Gasteiger partial charge in [0.05, 0.1) is 0 Å². The van der Waals surface area contributed by atoms with E-state index in [0.717, 1.165) is 38.6 Å². The number of aromatic nitrogens is 2. The fraction of sp³-hybridized carbons (Fsp3) is 0.500. The van der Waals surface area contributed by atoms with Crippen LogP contribution in [0.1, 0.15) is 57.4 Å². The zero-order chi connectivity index (χ0) is 16.9. The van der Waals surface area contributed by atoms with Gasteiger partial charge in [-0.1, -0.05) is 18.5 Å². The molecule has 1 aromatic carbocycles. The van der Waals surface area contributed by atoms with Crippen molar-refractivity contribution in [2.75, 3.05) is 6.54 Å². The van der Waals surface area contributed by atoms with Crippen molar-refractivity contribution in [2.45, 2.75) is 51.5 Å². The first-order valence-corrected chi connectivity index (χ1v) is 8.58. The highest BCUT2D eigenvalue weighted by Gasteiger charge is 2.31. The third-order valence-corrected chi connectivity index (χ3v) is 4.40. The lowest BCUT2D eigenvalue weighted by Gasteiger charge is -2.33. The van der Waals surface area contributed by atoms with Gasteiger partial charge in [0.25, 0.3) is 0 Å². The van der Waals surface area contributed by atoms with E-state index < -0.39 is 0 Å². The second kappa shape index (κ2) is 7.55. The molecule has 1 aromatic heterocycles. The molecular weight excluding hydrogens is 309 g/mol. The van der Waals surface area contributed by atoms with E-state index in [2.05, 4.69) is 17.1 Å². The summed E-state index contributed by atoms with van der Waals surface area (Å²) in [5.41, 5.74) is 0.700. The van der Waals surface area contributed by atoms with Gasteiger partial charge in [-0.3, -0.25) is 4.79 Å². The number of likely N-dealkylation sites (tertiary alicyclic amines) is 1. The van der Waals surface area contributed by atoms with Crippen molar-refractivity contribution in [2.24, 2.45) is 0 Å². The maximum Gasteiger partial charge on any atom is 0.249 e. The molecule has 0 spiro atoms. The van der Waals surface area contributed by atoms with E-state index in [-0.39, 0.29) is 17.8 Å². The molecule has 5 nitrogen and oxygen atoms in total. The molecule has 0 radical (unpaired) electrons. The Morgan fingerprint density at radius 3 is 2.88 bits per heavy atom. The fourth-order valence-electron chi connectivity index (χ4n) is 3.05. The maximum atomic E-state index is 13.0. The molecule has 0 bridgehead atoms. The van der Waals surface area contributed by atoms with Crippen LogP contribution in [0.4, 0.5) is 4.39 Å². The summed E-state index contributed by atoms with van der Waals surface area (Å²) in [4.78, 5) is 18.8. The van der Waals surface area contributed by atoms with Crippen molar-refractivity contribution in [1.82, 2.24) is 15.0 Å². The van der Waals surface area contributed by atoms with Gasteiger partial charge < -0.3 is 9.42 Å². The van der Waals surface area contributed by atoms with Crippen LogP contribution >= 0.6 is 0 Å². The van der Waals surface area contributed by atoms with Crippen LogP contribution in [-0.2, 0) is 4.79 Å². The second-order valence-corrected chi connectivity index (χ2v) is 6.17. The van der Waals surface area contributed by atoms with Gasteiger partial charge in [0, 0.05) is 18.5 Å². The highest BCUT2D eigenvalue weighted by molar-refractivity contribution is 5.76. The summed E-state index contributed by atoms with van der Waals surface area (Å²) >= 11 is 0. The lowest BCUT2D eigenvalue weighted by Crippen LogP contribution is -2.38. The Morgan fingerprint density at radius 2 is 2.12 bits per heavy atom. The molecule has 1 unspecified atom stereocenters. The van der Waals surface area contributed by atoms with E-state index in [4.69, 9.17) is 4.52 Å². The van der Waals surface area contributed by atoms with E-state index in [0.29, 0.717) is 23.7 Å². The quantitative estimate of drug-likeness (QED) is 0.827. The monoisotopic (exact) mass is 331 g/mol. The standard InChI is InChI=1S/C18H22FN3O2/c1-2-3-7-16(23)22-12-5-4-6-15(22)18-20-17(21-24-18)13-8-10-14(19)11-9-13/h8-11,15H,2-7,12H2,1H3. The molecular formula is C18H22FN3O2. The van der Waals surface area contributed by atoms with Crippen molar-refractivity contribution in [1.29, 1.82) is 0 Å². The highest BCUT2D eigenvalue weighted by atomic mass is 19.1. The summed E-state index contributed by atoms with van der Waals surface area (Å²) in [6, 6.07) is 5.83. The number of unbranched alkanes of at least 4 members (excludes halogenated alkanes) is 1. The van der Waals surface area contributed by atoms with Gasteiger partial charge in [-0.25, -0.2) is 4.39 Å². The molecule has 2 heterocycles. The molecule has 0 aliphatic carbocycles. The van der Waals surface area contributed by atoms with Crippen LogP contribution in [0, 0.1) is 5.82 Å². The number of halogens is 1. The van der Waals surface area contributed by atoms with Crippen molar-refractivity contribution in [3.8, 4) is 11.4 Å². The van der Waals surface area contributed by atoms with Gasteiger partial charge in [-0.2, -0.15) is 4.98 Å². The first-order chi connectivity index (χ1) is 11.7. The predicted octanol–water partition coefficient (Wildman–Crippen LogP) is 4.12. The molecule has 128 valence electrons. The van der Waals surface area contributed by atoms with Gasteiger partial charge >= 0.3 is 0 Å². The van der Waals surface area contributed by atoms with Gasteiger partial charge in [-0.15, -0.1) is 0 Å². The van der Waals surface area contributed by atoms with Gasteiger partial charge in [0.15, 0.2) is 0 Å². The number of rotatable bonds is 5. The van der Waals surface area contributed by atoms with E-state index in [1.165, 1.54) is 12.1 Å². The molecule has 1 amide bonds. The molecule has 1 saturated heterocycles. The van der Waals surface area contributed by atoms with Gasteiger partial charge in [0.2, 0.25) is 17.6 Å². The minimum Gasteiger partial charge on any atom is -0.337 e. The molecule has 6 heteroatoms. The Labute approximate surface area is 140 Å². The summed E-state index contributed by atoms with van der Waals surface area (Å²) in [5.74, 6) is 0.751.